The monoisotopic (exact) mass is 346 g/mol. The van der Waals surface area contributed by atoms with Crippen LogP contribution in [0, 0.1) is 6.92 Å². The third-order valence-electron chi connectivity index (χ3n) is 2.94. The number of nitrogens with zero attached hydrogens (tertiary/aromatic N) is 3. The van der Waals surface area contributed by atoms with Crippen LogP contribution in [0.15, 0.2) is 34.1 Å². The molecule has 9 heteroatoms. The zero-order chi connectivity index (χ0) is 16.9. The van der Waals surface area contributed by atoms with Gasteiger partial charge in [-0.1, -0.05) is 5.10 Å². The van der Waals surface area contributed by atoms with E-state index in [1.165, 1.54) is 11.3 Å². The number of hydrogen-bond donors (Lipinski definition) is 1. The molecule has 8 nitrogen and oxygen atoms in total. The first-order valence-corrected chi connectivity index (χ1v) is 7.85. The van der Waals surface area contributed by atoms with E-state index in [2.05, 4.69) is 20.5 Å². The fourth-order valence-corrected chi connectivity index (χ4v) is 2.40. The number of rotatable bonds is 6. The fraction of sp³-hybridized carbons (Fsp3) is 0.200. The Hall–Kier alpha value is -2.94. The van der Waals surface area contributed by atoms with Crippen LogP contribution < -0.4 is 14.8 Å². The van der Waals surface area contributed by atoms with Gasteiger partial charge in [-0.3, -0.25) is 10.1 Å². The molecule has 24 heavy (non-hydrogen) atoms. The van der Waals surface area contributed by atoms with E-state index in [9.17, 15) is 4.79 Å². The standard InChI is InChI=1S/C15H14N4O4S/c1-9-16-12(8-24-9)14-18-19-15(23-14)17-13(20)7-22-11-5-3-10(21-2)4-6-11/h3-6,8H,7H2,1-2H3,(H,17,19,20). The summed E-state index contributed by atoms with van der Waals surface area (Å²) < 4.78 is 15.8. The van der Waals surface area contributed by atoms with Gasteiger partial charge >= 0.3 is 6.01 Å². The molecule has 0 aliphatic carbocycles. The third-order valence-corrected chi connectivity index (χ3v) is 3.71. The predicted octanol–water partition coefficient (Wildman–Crippen LogP) is 2.53. The Morgan fingerprint density at radius 3 is 2.67 bits per heavy atom. The molecule has 0 saturated heterocycles. The summed E-state index contributed by atoms with van der Waals surface area (Å²) in [7, 11) is 1.58. The van der Waals surface area contributed by atoms with E-state index < -0.39 is 5.91 Å². The summed E-state index contributed by atoms with van der Waals surface area (Å²) in [6.45, 7) is 1.70. The van der Waals surface area contributed by atoms with Gasteiger partial charge in [-0.25, -0.2) is 4.98 Å². The summed E-state index contributed by atoms with van der Waals surface area (Å²) >= 11 is 1.48. The van der Waals surface area contributed by atoms with E-state index in [1.807, 2.05) is 6.92 Å². The molecule has 3 rings (SSSR count). The van der Waals surface area contributed by atoms with Gasteiger partial charge < -0.3 is 13.9 Å². The first-order valence-electron chi connectivity index (χ1n) is 6.97. The van der Waals surface area contributed by atoms with Gasteiger partial charge in [0.15, 0.2) is 6.61 Å². The minimum atomic E-state index is -0.407. The summed E-state index contributed by atoms with van der Waals surface area (Å²) in [6, 6.07) is 6.91. The summed E-state index contributed by atoms with van der Waals surface area (Å²) in [5.41, 5.74) is 0.583. The lowest BCUT2D eigenvalue weighted by Gasteiger charge is -2.06. The maximum Gasteiger partial charge on any atom is 0.322 e. The lowest BCUT2D eigenvalue weighted by Crippen LogP contribution is -2.20. The van der Waals surface area contributed by atoms with Gasteiger partial charge in [0, 0.05) is 5.38 Å². The molecule has 1 amide bonds. The van der Waals surface area contributed by atoms with Crippen LogP contribution in [0.5, 0.6) is 11.5 Å². The second-order valence-electron chi connectivity index (χ2n) is 4.68. The van der Waals surface area contributed by atoms with Crippen molar-refractivity contribution in [1.29, 1.82) is 0 Å². The van der Waals surface area contributed by atoms with Gasteiger partial charge in [0.1, 0.15) is 17.2 Å². The maximum atomic E-state index is 11.9. The van der Waals surface area contributed by atoms with Crippen LogP contribution in [0.4, 0.5) is 6.01 Å². The average Bonchev–Trinajstić information content (AvgIpc) is 3.22. The molecule has 0 spiro atoms. The lowest BCUT2D eigenvalue weighted by atomic mass is 10.3. The number of aromatic nitrogens is 3. The van der Waals surface area contributed by atoms with Crippen LogP contribution in [-0.4, -0.2) is 34.8 Å². The zero-order valence-electron chi connectivity index (χ0n) is 13.0. The van der Waals surface area contributed by atoms with Crippen molar-refractivity contribution >= 4 is 23.3 Å². The predicted molar refractivity (Wildman–Crippen MR) is 87.3 cm³/mol. The third kappa shape index (κ3) is 3.87. The fourth-order valence-electron chi connectivity index (χ4n) is 1.82. The molecule has 0 aliphatic heterocycles. The van der Waals surface area contributed by atoms with Crippen LogP contribution in [0.25, 0.3) is 11.6 Å². The minimum absolute atomic E-state index is 0.000941. The Kier molecular flexibility index (Phi) is 4.71. The van der Waals surface area contributed by atoms with Gasteiger partial charge in [-0.15, -0.1) is 16.4 Å². The minimum Gasteiger partial charge on any atom is -0.497 e. The molecule has 0 fully saturated rings. The molecule has 2 heterocycles. The summed E-state index contributed by atoms with van der Waals surface area (Å²) in [5, 5.41) is 12.8. The number of aryl methyl sites for hydroxylation is 1. The molecule has 1 N–H and O–H groups in total. The van der Waals surface area contributed by atoms with Gasteiger partial charge in [-0.2, -0.15) is 0 Å². The van der Waals surface area contributed by atoms with Gasteiger partial charge in [-0.05, 0) is 31.2 Å². The van der Waals surface area contributed by atoms with Crippen molar-refractivity contribution in [2.24, 2.45) is 0 Å². The highest BCUT2D eigenvalue weighted by Gasteiger charge is 2.13. The Bertz CT molecular complexity index is 828. The highest BCUT2D eigenvalue weighted by molar-refractivity contribution is 7.09. The lowest BCUT2D eigenvalue weighted by molar-refractivity contribution is -0.118. The second-order valence-corrected chi connectivity index (χ2v) is 5.74. The van der Waals surface area contributed by atoms with Crippen LogP contribution in [0.1, 0.15) is 5.01 Å². The van der Waals surface area contributed by atoms with Crippen molar-refractivity contribution < 1.29 is 18.7 Å². The topological polar surface area (TPSA) is 99.4 Å². The van der Waals surface area contributed by atoms with Crippen LogP contribution in [0.3, 0.4) is 0 Å². The highest BCUT2D eigenvalue weighted by Crippen LogP contribution is 2.21. The van der Waals surface area contributed by atoms with E-state index in [-0.39, 0.29) is 18.5 Å². The van der Waals surface area contributed by atoms with Crippen molar-refractivity contribution in [3.05, 3.63) is 34.7 Å². The average molecular weight is 346 g/mol. The largest absolute Gasteiger partial charge is 0.497 e. The first-order chi connectivity index (χ1) is 11.6. The molecule has 0 bridgehead atoms. The summed E-state index contributed by atoms with van der Waals surface area (Å²) in [6.07, 6.45) is 0. The molecular formula is C15H14N4O4S. The number of benzene rings is 1. The molecule has 3 aromatic rings. The second kappa shape index (κ2) is 7.09. The number of methoxy groups -OCH3 is 1. The highest BCUT2D eigenvalue weighted by atomic mass is 32.1. The van der Waals surface area contributed by atoms with E-state index >= 15 is 0 Å². The summed E-state index contributed by atoms with van der Waals surface area (Å²) in [5.74, 6) is 1.11. The molecule has 124 valence electrons. The number of thiazole rings is 1. The van der Waals surface area contributed by atoms with Crippen LogP contribution >= 0.6 is 11.3 Å². The van der Waals surface area contributed by atoms with Gasteiger partial charge in [0.2, 0.25) is 0 Å². The number of hydrogen-bond acceptors (Lipinski definition) is 8. The van der Waals surface area contributed by atoms with Crippen LogP contribution in [0.2, 0.25) is 0 Å². The van der Waals surface area contributed by atoms with Crippen molar-refractivity contribution in [3.63, 3.8) is 0 Å². The zero-order valence-corrected chi connectivity index (χ0v) is 13.8. The smallest absolute Gasteiger partial charge is 0.322 e. The van der Waals surface area contributed by atoms with Crippen molar-refractivity contribution in [1.82, 2.24) is 15.2 Å². The Morgan fingerprint density at radius 1 is 1.25 bits per heavy atom. The van der Waals surface area contributed by atoms with E-state index in [0.717, 1.165) is 5.01 Å². The van der Waals surface area contributed by atoms with E-state index in [1.54, 1.807) is 36.8 Å². The number of amides is 1. The van der Waals surface area contributed by atoms with Crippen LogP contribution in [-0.2, 0) is 4.79 Å². The number of ether oxygens (including phenoxy) is 2. The Morgan fingerprint density at radius 2 is 2.00 bits per heavy atom. The van der Waals surface area contributed by atoms with Crippen molar-refractivity contribution in [2.75, 3.05) is 19.0 Å². The first kappa shape index (κ1) is 15.9. The summed E-state index contributed by atoms with van der Waals surface area (Å²) in [4.78, 5) is 16.1. The SMILES string of the molecule is COc1ccc(OCC(=O)Nc2nnc(-c3csc(C)n3)o2)cc1. The van der Waals surface area contributed by atoms with Crippen molar-refractivity contribution in [2.45, 2.75) is 6.92 Å². The Balaban J connectivity index is 1.54. The molecule has 0 saturated carbocycles. The van der Waals surface area contributed by atoms with E-state index in [4.69, 9.17) is 13.9 Å². The normalized spacial score (nSPS) is 10.4. The molecule has 2 aromatic heterocycles. The van der Waals surface area contributed by atoms with Gasteiger partial charge in [0.25, 0.3) is 11.8 Å². The van der Waals surface area contributed by atoms with Gasteiger partial charge in [0.05, 0.1) is 12.1 Å². The molecular weight excluding hydrogens is 332 g/mol. The number of carbonyl (C=O) groups is 1. The van der Waals surface area contributed by atoms with E-state index in [0.29, 0.717) is 17.2 Å². The molecule has 0 unspecified atom stereocenters. The maximum absolute atomic E-state index is 11.9. The molecule has 0 atom stereocenters. The molecule has 1 aromatic carbocycles. The number of nitrogens with one attached hydrogen (secondary N) is 1. The molecule has 0 aliphatic rings. The molecule has 0 radical (unpaired) electrons. The quantitative estimate of drug-likeness (QED) is 0.732. The Labute approximate surface area is 141 Å². The van der Waals surface area contributed by atoms with Crippen molar-refractivity contribution in [3.8, 4) is 23.1 Å². The number of anilines is 1. The number of carbonyl (C=O) groups excluding carboxylic acids is 1.